The van der Waals surface area contributed by atoms with Gasteiger partial charge in [0.15, 0.2) is 5.69 Å². The number of carbonyl (C=O) groups excluding carboxylic acids is 2. The summed E-state index contributed by atoms with van der Waals surface area (Å²) in [5.74, 6) is -0.251. The molecule has 2 aromatic rings. The Bertz CT molecular complexity index is 829. The molecular weight excluding hydrogens is 318 g/mol. The minimum atomic E-state index is -0.259. The highest BCUT2D eigenvalue weighted by Crippen LogP contribution is 2.29. The molecule has 1 atom stereocenters. The van der Waals surface area contributed by atoms with Gasteiger partial charge in [-0.2, -0.15) is 5.10 Å². The zero-order valence-electron chi connectivity index (χ0n) is 14.1. The molecule has 0 bridgehead atoms. The maximum Gasteiger partial charge on any atom is 0.276 e. The van der Waals surface area contributed by atoms with Crippen molar-refractivity contribution < 1.29 is 9.59 Å². The third-order valence-corrected chi connectivity index (χ3v) is 4.97. The van der Waals surface area contributed by atoms with Crippen molar-refractivity contribution >= 4 is 23.2 Å². The van der Waals surface area contributed by atoms with E-state index in [0.29, 0.717) is 23.8 Å². The molecule has 0 aliphatic carbocycles. The van der Waals surface area contributed by atoms with Gasteiger partial charge in [0.1, 0.15) is 0 Å². The normalized spacial score (nSPS) is 20.2. The molecule has 3 heterocycles. The average Bonchev–Trinajstić information content (AvgIpc) is 3.23. The lowest BCUT2D eigenvalue weighted by Gasteiger charge is -2.17. The number of aromatic amines is 1. The highest BCUT2D eigenvalue weighted by Gasteiger charge is 2.25. The van der Waals surface area contributed by atoms with Crippen molar-refractivity contribution in [3.8, 4) is 0 Å². The summed E-state index contributed by atoms with van der Waals surface area (Å²) in [5, 5.41) is 12.8. The Hall–Kier alpha value is -2.67. The first kappa shape index (κ1) is 15.8. The van der Waals surface area contributed by atoms with Crippen molar-refractivity contribution in [1.82, 2.24) is 15.1 Å². The summed E-state index contributed by atoms with van der Waals surface area (Å²) in [6, 6.07) is 7.71. The second-order valence-electron chi connectivity index (χ2n) is 6.72. The second-order valence-corrected chi connectivity index (χ2v) is 6.72. The fraction of sp³-hybridized carbons (Fsp3) is 0.389. The number of fused-ring (bicyclic) bond motifs is 1. The number of aromatic nitrogens is 2. The van der Waals surface area contributed by atoms with E-state index in [1.807, 2.05) is 18.2 Å². The largest absolute Gasteiger partial charge is 0.326 e. The quantitative estimate of drug-likeness (QED) is 0.800. The Kier molecular flexibility index (Phi) is 4.01. The number of H-pyrrole nitrogens is 1. The molecule has 2 amide bonds. The molecule has 0 saturated carbocycles. The van der Waals surface area contributed by atoms with Crippen molar-refractivity contribution in [2.75, 3.05) is 24.2 Å². The zero-order chi connectivity index (χ0) is 17.4. The molecule has 1 aromatic heterocycles. The number of amides is 2. The molecule has 0 radical (unpaired) electrons. The fourth-order valence-corrected chi connectivity index (χ4v) is 3.57. The predicted molar refractivity (Wildman–Crippen MR) is 94.5 cm³/mol. The van der Waals surface area contributed by atoms with Gasteiger partial charge in [0.2, 0.25) is 5.91 Å². The molecule has 1 aromatic carbocycles. The lowest BCUT2D eigenvalue weighted by molar-refractivity contribution is -0.116. The second kappa shape index (κ2) is 6.33. The maximum atomic E-state index is 12.5. The number of hydrogen-bond donors (Lipinski definition) is 3. The summed E-state index contributed by atoms with van der Waals surface area (Å²) in [6.07, 6.45) is 3.46. The van der Waals surface area contributed by atoms with Gasteiger partial charge in [0.25, 0.3) is 5.91 Å². The van der Waals surface area contributed by atoms with Crippen molar-refractivity contribution in [3.05, 3.63) is 41.2 Å². The lowest BCUT2D eigenvalue weighted by atomic mass is 10.0. The Labute approximate surface area is 145 Å². The summed E-state index contributed by atoms with van der Waals surface area (Å²) >= 11 is 0. The van der Waals surface area contributed by atoms with Gasteiger partial charge >= 0.3 is 0 Å². The molecule has 1 fully saturated rings. The molecule has 130 valence electrons. The summed E-state index contributed by atoms with van der Waals surface area (Å²) in [5.41, 5.74) is 3.85. The van der Waals surface area contributed by atoms with Crippen molar-refractivity contribution in [2.24, 2.45) is 0 Å². The number of aryl methyl sites for hydroxylation is 1. The van der Waals surface area contributed by atoms with E-state index in [1.165, 1.54) is 0 Å². The fourth-order valence-electron chi connectivity index (χ4n) is 3.57. The monoisotopic (exact) mass is 339 g/mol. The van der Waals surface area contributed by atoms with E-state index in [-0.39, 0.29) is 11.8 Å². The van der Waals surface area contributed by atoms with E-state index in [9.17, 15) is 9.59 Å². The molecule has 25 heavy (non-hydrogen) atoms. The molecule has 3 N–H and O–H groups in total. The van der Waals surface area contributed by atoms with Gasteiger partial charge in [-0.25, -0.2) is 0 Å². The Morgan fingerprint density at radius 2 is 2.20 bits per heavy atom. The highest BCUT2D eigenvalue weighted by molar-refractivity contribution is 6.03. The van der Waals surface area contributed by atoms with Crippen molar-refractivity contribution in [2.45, 2.75) is 31.7 Å². The lowest BCUT2D eigenvalue weighted by Crippen LogP contribution is -2.19. The maximum absolute atomic E-state index is 12.5. The predicted octanol–water partition coefficient (Wildman–Crippen LogP) is 2.31. The van der Waals surface area contributed by atoms with Crippen LogP contribution < -0.4 is 10.6 Å². The summed E-state index contributed by atoms with van der Waals surface area (Å²) in [7, 11) is 2.08. The first-order valence-corrected chi connectivity index (χ1v) is 8.60. The number of nitrogens with one attached hydrogen (secondary N) is 3. The zero-order valence-corrected chi connectivity index (χ0v) is 14.1. The molecule has 2 aliphatic heterocycles. The van der Waals surface area contributed by atoms with Gasteiger partial charge in [0.05, 0.1) is 11.7 Å². The van der Waals surface area contributed by atoms with Crippen LogP contribution in [0.1, 0.15) is 47.1 Å². The van der Waals surface area contributed by atoms with Crippen LogP contribution in [0.25, 0.3) is 0 Å². The summed E-state index contributed by atoms with van der Waals surface area (Å²) < 4.78 is 0. The molecule has 2 aliphatic rings. The summed E-state index contributed by atoms with van der Waals surface area (Å²) in [6.45, 7) is 1.06. The summed E-state index contributed by atoms with van der Waals surface area (Å²) in [4.78, 5) is 26.2. The van der Waals surface area contributed by atoms with Crippen LogP contribution in [-0.2, 0) is 11.2 Å². The third kappa shape index (κ3) is 3.15. The van der Waals surface area contributed by atoms with Crippen LogP contribution in [0.3, 0.4) is 0 Å². The third-order valence-electron chi connectivity index (χ3n) is 4.97. The van der Waals surface area contributed by atoms with Crippen molar-refractivity contribution in [1.29, 1.82) is 0 Å². The molecule has 7 nitrogen and oxygen atoms in total. The average molecular weight is 339 g/mol. The highest BCUT2D eigenvalue weighted by atomic mass is 16.2. The van der Waals surface area contributed by atoms with Gasteiger partial charge in [-0.3, -0.25) is 19.6 Å². The minimum absolute atomic E-state index is 0.00797. The van der Waals surface area contributed by atoms with Crippen LogP contribution in [0.4, 0.5) is 11.4 Å². The van der Waals surface area contributed by atoms with Crippen LogP contribution >= 0.6 is 0 Å². The SMILES string of the molecule is CN1CCCC1c1cc(C(=O)Nc2ccc3c(c2)NC(=O)CC3)n[nH]1. The van der Waals surface area contributed by atoms with Crippen molar-refractivity contribution in [3.63, 3.8) is 0 Å². The van der Waals surface area contributed by atoms with E-state index in [4.69, 9.17) is 0 Å². The van der Waals surface area contributed by atoms with E-state index in [0.717, 1.165) is 42.8 Å². The topological polar surface area (TPSA) is 90.1 Å². The van der Waals surface area contributed by atoms with Gasteiger partial charge in [-0.15, -0.1) is 0 Å². The molecular formula is C18H21N5O2. The van der Waals surface area contributed by atoms with Crippen LogP contribution in [0, 0.1) is 0 Å². The molecule has 1 saturated heterocycles. The van der Waals surface area contributed by atoms with Gasteiger partial charge in [-0.05, 0) is 56.6 Å². The number of hydrogen-bond acceptors (Lipinski definition) is 4. The van der Waals surface area contributed by atoms with Gasteiger partial charge in [0, 0.05) is 17.8 Å². The van der Waals surface area contributed by atoms with E-state index in [1.54, 1.807) is 6.07 Å². The minimum Gasteiger partial charge on any atom is -0.326 e. The van der Waals surface area contributed by atoms with E-state index in [2.05, 4.69) is 32.8 Å². The molecule has 7 heteroatoms. The number of benzene rings is 1. The van der Waals surface area contributed by atoms with Gasteiger partial charge < -0.3 is 10.6 Å². The van der Waals surface area contributed by atoms with Crippen LogP contribution in [-0.4, -0.2) is 40.5 Å². The molecule has 0 spiro atoms. The van der Waals surface area contributed by atoms with Crippen LogP contribution in [0.2, 0.25) is 0 Å². The first-order chi connectivity index (χ1) is 12.1. The number of rotatable bonds is 3. The van der Waals surface area contributed by atoms with Crippen LogP contribution in [0.15, 0.2) is 24.3 Å². The number of carbonyl (C=O) groups is 2. The van der Waals surface area contributed by atoms with E-state index >= 15 is 0 Å². The van der Waals surface area contributed by atoms with Gasteiger partial charge in [-0.1, -0.05) is 6.07 Å². The van der Waals surface area contributed by atoms with E-state index < -0.39 is 0 Å². The Morgan fingerprint density at radius 1 is 1.32 bits per heavy atom. The number of nitrogens with zero attached hydrogens (tertiary/aromatic N) is 2. The standard InChI is InChI=1S/C18H21N5O2/c1-23-8-2-3-16(23)14-10-15(22-21-14)18(25)19-12-6-4-11-5-7-17(24)20-13(11)9-12/h4,6,9-10,16H,2-3,5,7-8H2,1H3,(H,19,25)(H,20,24)(H,21,22). The van der Waals surface area contributed by atoms with Crippen LogP contribution in [0.5, 0.6) is 0 Å². The number of anilines is 2. The Morgan fingerprint density at radius 3 is 3.00 bits per heavy atom. The Balaban J connectivity index is 1.48. The first-order valence-electron chi connectivity index (χ1n) is 8.60. The molecule has 4 rings (SSSR count). The molecule has 1 unspecified atom stereocenters. The number of likely N-dealkylation sites (tertiary alicyclic amines) is 1. The smallest absolute Gasteiger partial charge is 0.276 e.